The Morgan fingerprint density at radius 3 is 2.70 bits per heavy atom. The van der Waals surface area contributed by atoms with Crippen molar-refractivity contribution in [1.29, 1.82) is 0 Å². The third-order valence-corrected chi connectivity index (χ3v) is 2.92. The van der Waals surface area contributed by atoms with Gasteiger partial charge in [-0.25, -0.2) is 0 Å². The molecule has 0 bridgehead atoms. The molecule has 1 rings (SSSR count). The van der Waals surface area contributed by atoms with Crippen molar-refractivity contribution < 1.29 is 14.7 Å². The van der Waals surface area contributed by atoms with Crippen molar-refractivity contribution in [2.75, 3.05) is 6.54 Å². The second-order valence-electron chi connectivity index (χ2n) is 4.69. The van der Waals surface area contributed by atoms with Gasteiger partial charge in [-0.05, 0) is 18.9 Å². The number of carbonyl (C=O) groups is 2. The minimum absolute atomic E-state index is 0.0644. The summed E-state index contributed by atoms with van der Waals surface area (Å²) in [5, 5.41) is 11.1. The molecule has 0 saturated heterocycles. The first kappa shape index (κ1) is 15.9. The summed E-state index contributed by atoms with van der Waals surface area (Å²) in [7, 11) is 0. The Labute approximate surface area is 117 Å². The number of nitrogens with one attached hydrogen (secondary N) is 1. The Balaban J connectivity index is 2.87. The van der Waals surface area contributed by atoms with Crippen molar-refractivity contribution in [3.05, 3.63) is 34.2 Å². The summed E-state index contributed by atoms with van der Waals surface area (Å²) in [6, 6.07) is 2.54. The summed E-state index contributed by atoms with van der Waals surface area (Å²) in [4.78, 5) is 34.4. The van der Waals surface area contributed by atoms with E-state index in [1.807, 2.05) is 13.8 Å². The lowest BCUT2D eigenvalue weighted by atomic mass is 10.1. The van der Waals surface area contributed by atoms with E-state index >= 15 is 0 Å². The van der Waals surface area contributed by atoms with Crippen LogP contribution in [0, 0.1) is 6.92 Å². The molecule has 6 heteroatoms. The number of hydrogen-bond acceptors (Lipinski definition) is 3. The van der Waals surface area contributed by atoms with Gasteiger partial charge in [0.2, 0.25) is 5.91 Å². The largest absolute Gasteiger partial charge is 0.481 e. The average molecular weight is 280 g/mol. The fraction of sp³-hybridized carbons (Fsp3) is 0.500. The number of nitrogens with zero attached hydrogens (tertiary/aromatic N) is 1. The number of carbonyl (C=O) groups excluding carboxylic acids is 1. The first-order valence-corrected chi connectivity index (χ1v) is 6.64. The number of aromatic nitrogens is 1. The molecule has 20 heavy (non-hydrogen) atoms. The van der Waals surface area contributed by atoms with Gasteiger partial charge in [0.1, 0.15) is 6.04 Å². The minimum Gasteiger partial charge on any atom is -0.481 e. The molecule has 6 nitrogen and oxygen atoms in total. The van der Waals surface area contributed by atoms with Crippen molar-refractivity contribution in [2.45, 2.75) is 39.2 Å². The molecule has 110 valence electrons. The zero-order valence-corrected chi connectivity index (χ0v) is 11.8. The van der Waals surface area contributed by atoms with Crippen LogP contribution in [-0.2, 0) is 9.59 Å². The van der Waals surface area contributed by atoms with Gasteiger partial charge in [0.05, 0.1) is 6.42 Å². The third kappa shape index (κ3) is 4.53. The van der Waals surface area contributed by atoms with E-state index in [1.54, 1.807) is 12.3 Å². The Kier molecular flexibility index (Phi) is 5.96. The Morgan fingerprint density at radius 2 is 2.10 bits per heavy atom. The predicted octanol–water partition coefficient (Wildman–Crippen LogP) is 1.09. The topological polar surface area (TPSA) is 88.4 Å². The van der Waals surface area contributed by atoms with Crippen LogP contribution < -0.4 is 10.9 Å². The normalized spacial score (nSPS) is 11.9. The van der Waals surface area contributed by atoms with Crippen LogP contribution in [0.3, 0.4) is 0 Å². The SMILES string of the molecule is CCCC(C(=O)NCCC(=O)O)n1cc(C)ccc1=O. The summed E-state index contributed by atoms with van der Waals surface area (Å²) in [6.45, 7) is 3.84. The van der Waals surface area contributed by atoms with Crippen molar-refractivity contribution >= 4 is 11.9 Å². The van der Waals surface area contributed by atoms with E-state index in [0.717, 1.165) is 12.0 Å². The maximum atomic E-state index is 12.1. The standard InChI is InChI=1S/C14H20N2O4/c1-3-4-11(14(20)15-8-7-13(18)19)16-9-10(2)5-6-12(16)17/h5-6,9,11H,3-4,7-8H2,1-2H3,(H,15,20)(H,18,19). The van der Waals surface area contributed by atoms with Crippen LogP contribution >= 0.6 is 0 Å². The smallest absolute Gasteiger partial charge is 0.305 e. The molecule has 2 N–H and O–H groups in total. The number of rotatable bonds is 7. The molecule has 0 radical (unpaired) electrons. The Morgan fingerprint density at radius 1 is 1.40 bits per heavy atom. The quantitative estimate of drug-likeness (QED) is 0.782. The number of aryl methyl sites for hydroxylation is 1. The van der Waals surface area contributed by atoms with E-state index in [2.05, 4.69) is 5.32 Å². The highest BCUT2D eigenvalue weighted by atomic mass is 16.4. The Hall–Kier alpha value is -2.11. The average Bonchev–Trinajstić information content (AvgIpc) is 2.38. The molecule has 0 aliphatic rings. The van der Waals surface area contributed by atoms with E-state index in [-0.39, 0.29) is 24.4 Å². The predicted molar refractivity (Wildman–Crippen MR) is 74.6 cm³/mol. The molecule has 1 aromatic heterocycles. The van der Waals surface area contributed by atoms with Gasteiger partial charge in [0.25, 0.3) is 5.56 Å². The van der Waals surface area contributed by atoms with E-state index in [9.17, 15) is 14.4 Å². The lowest BCUT2D eigenvalue weighted by Gasteiger charge is -2.19. The van der Waals surface area contributed by atoms with Crippen LogP contribution in [0.1, 0.15) is 37.8 Å². The van der Waals surface area contributed by atoms with Gasteiger partial charge in [-0.3, -0.25) is 14.4 Å². The van der Waals surface area contributed by atoms with E-state index in [1.165, 1.54) is 10.6 Å². The summed E-state index contributed by atoms with van der Waals surface area (Å²) in [6.07, 6.45) is 2.80. The third-order valence-electron chi connectivity index (χ3n) is 2.92. The van der Waals surface area contributed by atoms with E-state index in [0.29, 0.717) is 6.42 Å². The molecule has 0 fully saturated rings. The van der Waals surface area contributed by atoms with Crippen LogP contribution in [0.25, 0.3) is 0 Å². The molecule has 0 saturated carbocycles. The van der Waals surface area contributed by atoms with Crippen LogP contribution in [0.5, 0.6) is 0 Å². The summed E-state index contributed by atoms with van der Waals surface area (Å²) in [5.74, 6) is -1.29. The van der Waals surface area contributed by atoms with Crippen molar-refractivity contribution in [3.8, 4) is 0 Å². The number of hydrogen-bond donors (Lipinski definition) is 2. The van der Waals surface area contributed by atoms with Gasteiger partial charge in [0.15, 0.2) is 0 Å². The molecule has 1 aromatic rings. The number of pyridine rings is 1. The van der Waals surface area contributed by atoms with Crippen molar-refractivity contribution in [1.82, 2.24) is 9.88 Å². The molecule has 0 aromatic carbocycles. The summed E-state index contributed by atoms with van der Waals surface area (Å²) in [5.41, 5.74) is 0.659. The van der Waals surface area contributed by atoms with E-state index < -0.39 is 12.0 Å². The maximum Gasteiger partial charge on any atom is 0.305 e. The number of carboxylic acid groups (broad SMARTS) is 1. The maximum absolute atomic E-state index is 12.1. The van der Waals surface area contributed by atoms with E-state index in [4.69, 9.17) is 5.11 Å². The van der Waals surface area contributed by atoms with Crippen LogP contribution in [0.2, 0.25) is 0 Å². The minimum atomic E-state index is -0.968. The Bertz CT molecular complexity index is 536. The molecular weight excluding hydrogens is 260 g/mol. The first-order chi connectivity index (χ1) is 9.45. The molecule has 1 unspecified atom stereocenters. The molecular formula is C14H20N2O4. The highest BCUT2D eigenvalue weighted by molar-refractivity contribution is 5.80. The van der Waals surface area contributed by atoms with Gasteiger partial charge < -0.3 is 15.0 Å². The highest BCUT2D eigenvalue weighted by Crippen LogP contribution is 2.12. The van der Waals surface area contributed by atoms with Crippen LogP contribution in [0.4, 0.5) is 0 Å². The zero-order valence-electron chi connectivity index (χ0n) is 11.8. The second-order valence-corrected chi connectivity index (χ2v) is 4.69. The molecule has 1 heterocycles. The van der Waals surface area contributed by atoms with Crippen LogP contribution in [0.15, 0.2) is 23.1 Å². The van der Waals surface area contributed by atoms with Gasteiger partial charge in [-0.15, -0.1) is 0 Å². The van der Waals surface area contributed by atoms with Crippen molar-refractivity contribution in [3.63, 3.8) is 0 Å². The number of carboxylic acids is 1. The summed E-state index contributed by atoms with van der Waals surface area (Å²) < 4.78 is 1.41. The highest BCUT2D eigenvalue weighted by Gasteiger charge is 2.20. The van der Waals surface area contributed by atoms with Crippen LogP contribution in [-0.4, -0.2) is 28.1 Å². The lowest BCUT2D eigenvalue weighted by molar-refractivity contribution is -0.137. The lowest BCUT2D eigenvalue weighted by Crippen LogP contribution is -2.37. The molecule has 0 aliphatic heterocycles. The molecule has 0 aliphatic carbocycles. The van der Waals surface area contributed by atoms with Crippen molar-refractivity contribution in [2.24, 2.45) is 0 Å². The zero-order chi connectivity index (χ0) is 15.1. The number of amides is 1. The van der Waals surface area contributed by atoms with Gasteiger partial charge in [-0.2, -0.15) is 0 Å². The van der Waals surface area contributed by atoms with Gasteiger partial charge in [0, 0.05) is 18.8 Å². The summed E-state index contributed by atoms with van der Waals surface area (Å²) >= 11 is 0. The second kappa shape index (κ2) is 7.47. The molecule has 1 atom stereocenters. The monoisotopic (exact) mass is 280 g/mol. The fourth-order valence-electron chi connectivity index (χ4n) is 1.94. The fourth-order valence-corrected chi connectivity index (χ4v) is 1.94. The van der Waals surface area contributed by atoms with Gasteiger partial charge >= 0.3 is 5.97 Å². The van der Waals surface area contributed by atoms with Gasteiger partial charge in [-0.1, -0.05) is 19.4 Å². The molecule has 1 amide bonds. The number of aliphatic carboxylic acids is 1. The first-order valence-electron chi connectivity index (χ1n) is 6.64. The molecule has 0 spiro atoms.